The lowest BCUT2D eigenvalue weighted by Gasteiger charge is -2.43. The van der Waals surface area contributed by atoms with Crippen molar-refractivity contribution < 1.29 is 4.79 Å². The molecular formula is C23H26N6O2. The molecule has 3 aliphatic heterocycles. The van der Waals surface area contributed by atoms with Crippen molar-refractivity contribution in [3.05, 3.63) is 64.0 Å². The monoisotopic (exact) mass is 418 g/mol. The molecule has 0 aromatic carbocycles. The molecule has 6 heterocycles. The van der Waals surface area contributed by atoms with E-state index >= 15 is 0 Å². The molecule has 2 saturated heterocycles. The van der Waals surface area contributed by atoms with Crippen LogP contribution >= 0.6 is 0 Å². The van der Waals surface area contributed by atoms with Gasteiger partial charge in [0.15, 0.2) is 5.65 Å². The van der Waals surface area contributed by atoms with E-state index in [1.165, 1.54) is 12.8 Å². The molecule has 3 aliphatic rings. The zero-order valence-corrected chi connectivity index (χ0v) is 17.5. The standard InChI is InChI=1S/C23H26N6O2/c30-22-17(13-26-7-1-2-8-26)5-6-20-18-10-16(12-29(20)22)11-28(14-18)23(31)19-4-3-9-27-15-24-25-21(19)27/h3-6,9,15-16,18H,1-2,7-8,10-14H2/t16-,18+/m0/s1. The van der Waals surface area contributed by atoms with E-state index in [2.05, 4.69) is 21.2 Å². The van der Waals surface area contributed by atoms with Crippen LogP contribution in [0.4, 0.5) is 0 Å². The predicted molar refractivity (Wildman–Crippen MR) is 115 cm³/mol. The van der Waals surface area contributed by atoms with Crippen molar-refractivity contribution in [1.82, 2.24) is 29.0 Å². The van der Waals surface area contributed by atoms with Gasteiger partial charge in [-0.15, -0.1) is 10.2 Å². The smallest absolute Gasteiger partial charge is 0.257 e. The zero-order valence-electron chi connectivity index (χ0n) is 17.5. The van der Waals surface area contributed by atoms with Gasteiger partial charge in [-0.3, -0.25) is 18.9 Å². The van der Waals surface area contributed by atoms with Crippen molar-refractivity contribution in [3.8, 4) is 0 Å². The van der Waals surface area contributed by atoms with Crippen molar-refractivity contribution in [3.63, 3.8) is 0 Å². The Hall–Kier alpha value is -3.00. The van der Waals surface area contributed by atoms with Crippen LogP contribution in [0.2, 0.25) is 0 Å². The Labute approximate surface area is 180 Å². The molecule has 8 nitrogen and oxygen atoms in total. The normalized spacial score (nSPS) is 23.3. The average Bonchev–Trinajstić information content (AvgIpc) is 3.47. The Morgan fingerprint density at radius 2 is 1.97 bits per heavy atom. The molecule has 6 rings (SSSR count). The lowest BCUT2D eigenvalue weighted by molar-refractivity contribution is 0.0595. The minimum atomic E-state index is -0.00486. The number of likely N-dealkylation sites (tertiary alicyclic amines) is 2. The molecule has 0 spiro atoms. The number of piperidine rings is 1. The first-order valence-corrected chi connectivity index (χ1v) is 11.2. The summed E-state index contributed by atoms with van der Waals surface area (Å²) in [6, 6.07) is 7.82. The second-order valence-electron chi connectivity index (χ2n) is 9.17. The van der Waals surface area contributed by atoms with Gasteiger partial charge in [-0.1, -0.05) is 6.07 Å². The van der Waals surface area contributed by atoms with Gasteiger partial charge in [0, 0.05) is 49.6 Å². The van der Waals surface area contributed by atoms with E-state index in [1.54, 1.807) is 10.7 Å². The van der Waals surface area contributed by atoms with E-state index in [0.29, 0.717) is 36.8 Å². The summed E-state index contributed by atoms with van der Waals surface area (Å²) >= 11 is 0. The van der Waals surface area contributed by atoms with Crippen molar-refractivity contribution in [2.75, 3.05) is 26.2 Å². The largest absolute Gasteiger partial charge is 0.338 e. The van der Waals surface area contributed by atoms with Crippen LogP contribution in [-0.2, 0) is 13.1 Å². The molecule has 160 valence electrons. The maximum absolute atomic E-state index is 13.3. The highest BCUT2D eigenvalue weighted by Crippen LogP contribution is 2.36. The molecule has 0 N–H and O–H groups in total. The lowest BCUT2D eigenvalue weighted by atomic mass is 9.82. The topological polar surface area (TPSA) is 75.7 Å². The minimum absolute atomic E-state index is 0.00486. The summed E-state index contributed by atoms with van der Waals surface area (Å²) in [6.45, 7) is 4.92. The van der Waals surface area contributed by atoms with E-state index in [-0.39, 0.29) is 17.4 Å². The van der Waals surface area contributed by atoms with Gasteiger partial charge in [0.25, 0.3) is 11.5 Å². The predicted octanol–water partition coefficient (Wildman–Crippen LogP) is 1.75. The molecular weight excluding hydrogens is 392 g/mol. The third-order valence-electron chi connectivity index (χ3n) is 7.12. The fraction of sp³-hybridized carbons (Fsp3) is 0.478. The average molecular weight is 419 g/mol. The molecule has 1 amide bonds. The molecule has 0 unspecified atom stereocenters. The van der Waals surface area contributed by atoms with Gasteiger partial charge >= 0.3 is 0 Å². The Balaban J connectivity index is 1.27. The van der Waals surface area contributed by atoms with Crippen LogP contribution in [0.15, 0.2) is 41.6 Å². The highest BCUT2D eigenvalue weighted by molar-refractivity contribution is 5.99. The highest BCUT2D eigenvalue weighted by atomic mass is 16.2. The summed E-state index contributed by atoms with van der Waals surface area (Å²) < 4.78 is 3.76. The van der Waals surface area contributed by atoms with E-state index in [0.717, 1.165) is 37.3 Å². The number of hydrogen-bond acceptors (Lipinski definition) is 5. The molecule has 2 fully saturated rings. The molecule has 2 bridgehead atoms. The first-order valence-electron chi connectivity index (χ1n) is 11.2. The van der Waals surface area contributed by atoms with Crippen LogP contribution in [0.1, 0.15) is 46.8 Å². The molecule has 0 aliphatic carbocycles. The first kappa shape index (κ1) is 18.7. The van der Waals surface area contributed by atoms with Crippen molar-refractivity contribution in [2.45, 2.75) is 38.3 Å². The number of hydrogen-bond donors (Lipinski definition) is 0. The fourth-order valence-electron chi connectivity index (χ4n) is 5.65. The second kappa shape index (κ2) is 7.30. The molecule has 8 heteroatoms. The van der Waals surface area contributed by atoms with Crippen LogP contribution in [0.5, 0.6) is 0 Å². The second-order valence-corrected chi connectivity index (χ2v) is 9.17. The van der Waals surface area contributed by atoms with Crippen LogP contribution < -0.4 is 5.56 Å². The maximum atomic E-state index is 13.3. The molecule has 2 atom stereocenters. The molecule has 3 aromatic rings. The Bertz CT molecular complexity index is 1210. The minimum Gasteiger partial charge on any atom is -0.338 e. The van der Waals surface area contributed by atoms with Crippen LogP contribution in [0.25, 0.3) is 5.65 Å². The SMILES string of the molecule is O=C(c1cccn2cnnc12)N1C[C@@H]2C[C@H](C1)c1ccc(CN3CCCC3)c(=O)n1C2. The van der Waals surface area contributed by atoms with Gasteiger partial charge in [0.2, 0.25) is 0 Å². The first-order chi connectivity index (χ1) is 15.2. The van der Waals surface area contributed by atoms with Gasteiger partial charge in [0.1, 0.15) is 6.33 Å². The van der Waals surface area contributed by atoms with Crippen LogP contribution in [0, 0.1) is 5.92 Å². The lowest BCUT2D eigenvalue weighted by Crippen LogP contribution is -2.49. The molecule has 0 saturated carbocycles. The number of carbonyl (C=O) groups is 1. The Morgan fingerprint density at radius 3 is 2.84 bits per heavy atom. The number of aromatic nitrogens is 4. The van der Waals surface area contributed by atoms with Gasteiger partial charge in [-0.25, -0.2) is 0 Å². The summed E-state index contributed by atoms with van der Waals surface area (Å²) in [5.74, 6) is 0.491. The quantitative estimate of drug-likeness (QED) is 0.648. The molecule has 31 heavy (non-hydrogen) atoms. The van der Waals surface area contributed by atoms with E-state index in [4.69, 9.17) is 0 Å². The van der Waals surface area contributed by atoms with Crippen molar-refractivity contribution >= 4 is 11.6 Å². The zero-order chi connectivity index (χ0) is 20.9. The summed E-state index contributed by atoms with van der Waals surface area (Å²) in [7, 11) is 0. The number of rotatable bonds is 3. The third kappa shape index (κ3) is 3.17. The third-order valence-corrected chi connectivity index (χ3v) is 7.12. The molecule has 0 radical (unpaired) electrons. The summed E-state index contributed by atoms with van der Waals surface area (Å²) in [4.78, 5) is 30.9. The number of nitrogens with zero attached hydrogens (tertiary/aromatic N) is 6. The van der Waals surface area contributed by atoms with Gasteiger partial charge in [-0.05, 0) is 56.5 Å². The molecule has 3 aromatic heterocycles. The van der Waals surface area contributed by atoms with E-state index < -0.39 is 0 Å². The van der Waals surface area contributed by atoms with Gasteiger partial charge in [-0.2, -0.15) is 0 Å². The van der Waals surface area contributed by atoms with E-state index in [1.807, 2.05) is 33.9 Å². The number of pyridine rings is 2. The Morgan fingerprint density at radius 1 is 1.10 bits per heavy atom. The summed E-state index contributed by atoms with van der Waals surface area (Å²) in [5.41, 5.74) is 3.30. The summed E-state index contributed by atoms with van der Waals surface area (Å²) in [5, 5.41) is 8.05. The maximum Gasteiger partial charge on any atom is 0.257 e. The van der Waals surface area contributed by atoms with Gasteiger partial charge < -0.3 is 9.47 Å². The highest BCUT2D eigenvalue weighted by Gasteiger charge is 2.37. The fourth-order valence-corrected chi connectivity index (χ4v) is 5.65. The summed E-state index contributed by atoms with van der Waals surface area (Å²) in [6.07, 6.45) is 6.94. The van der Waals surface area contributed by atoms with Crippen LogP contribution in [0.3, 0.4) is 0 Å². The van der Waals surface area contributed by atoms with Gasteiger partial charge in [0.05, 0.1) is 5.56 Å². The van der Waals surface area contributed by atoms with Crippen molar-refractivity contribution in [1.29, 1.82) is 0 Å². The van der Waals surface area contributed by atoms with Crippen molar-refractivity contribution in [2.24, 2.45) is 5.92 Å². The number of carbonyl (C=O) groups excluding carboxylic acids is 1. The Kier molecular flexibility index (Phi) is 4.41. The number of amides is 1. The van der Waals surface area contributed by atoms with Crippen LogP contribution in [-0.4, -0.2) is 61.1 Å². The van der Waals surface area contributed by atoms with E-state index in [9.17, 15) is 9.59 Å². The number of fused-ring (bicyclic) bond motifs is 5.